The van der Waals surface area contributed by atoms with Crippen molar-refractivity contribution in [3.63, 3.8) is 0 Å². The van der Waals surface area contributed by atoms with E-state index in [9.17, 15) is 0 Å². The standard InChI is InChI=1S/C13H17N5O/c1-4-10-9(7-8(2)17-18-10)11(14)12-13(19-3)16-6-5-15-12/h5-7,11H,4,14H2,1-3H3. The maximum absolute atomic E-state index is 6.29. The molecular weight excluding hydrogens is 242 g/mol. The Kier molecular flexibility index (Phi) is 4.01. The van der Waals surface area contributed by atoms with Gasteiger partial charge in [-0.05, 0) is 19.4 Å². The summed E-state index contributed by atoms with van der Waals surface area (Å²) in [6.07, 6.45) is 3.94. The van der Waals surface area contributed by atoms with Crippen LogP contribution < -0.4 is 10.5 Å². The molecule has 1 atom stereocenters. The molecule has 0 aromatic carbocycles. The Labute approximate surface area is 112 Å². The van der Waals surface area contributed by atoms with E-state index in [1.807, 2.05) is 19.9 Å². The summed E-state index contributed by atoms with van der Waals surface area (Å²) in [5, 5.41) is 8.24. The molecule has 1 unspecified atom stereocenters. The van der Waals surface area contributed by atoms with Crippen LogP contribution >= 0.6 is 0 Å². The van der Waals surface area contributed by atoms with Gasteiger partial charge in [0.15, 0.2) is 0 Å². The average molecular weight is 259 g/mol. The Hall–Kier alpha value is -2.08. The number of hydrogen-bond donors (Lipinski definition) is 1. The van der Waals surface area contributed by atoms with Gasteiger partial charge in [-0.15, -0.1) is 0 Å². The van der Waals surface area contributed by atoms with Gasteiger partial charge in [0, 0.05) is 18.0 Å². The summed E-state index contributed by atoms with van der Waals surface area (Å²) in [4.78, 5) is 8.39. The van der Waals surface area contributed by atoms with Crippen LogP contribution in [0, 0.1) is 6.92 Å². The van der Waals surface area contributed by atoms with Crippen molar-refractivity contribution in [3.05, 3.63) is 41.1 Å². The highest BCUT2D eigenvalue weighted by molar-refractivity contribution is 5.35. The molecule has 19 heavy (non-hydrogen) atoms. The van der Waals surface area contributed by atoms with Gasteiger partial charge in [0.05, 0.1) is 24.5 Å². The molecule has 0 spiro atoms. The van der Waals surface area contributed by atoms with Crippen molar-refractivity contribution in [1.29, 1.82) is 0 Å². The van der Waals surface area contributed by atoms with Gasteiger partial charge in [-0.2, -0.15) is 10.2 Å². The number of nitrogens with two attached hydrogens (primary N) is 1. The monoisotopic (exact) mass is 259 g/mol. The van der Waals surface area contributed by atoms with Crippen molar-refractivity contribution in [1.82, 2.24) is 20.2 Å². The molecule has 2 N–H and O–H groups in total. The van der Waals surface area contributed by atoms with Gasteiger partial charge in [-0.25, -0.2) is 4.98 Å². The normalized spacial score (nSPS) is 12.2. The van der Waals surface area contributed by atoms with Gasteiger partial charge in [0.2, 0.25) is 5.88 Å². The first-order chi connectivity index (χ1) is 9.17. The number of rotatable bonds is 4. The zero-order valence-corrected chi connectivity index (χ0v) is 11.3. The van der Waals surface area contributed by atoms with Crippen LogP contribution in [0.25, 0.3) is 0 Å². The fourth-order valence-electron chi connectivity index (χ4n) is 1.93. The van der Waals surface area contributed by atoms with Crippen molar-refractivity contribution in [2.75, 3.05) is 7.11 Å². The second-order valence-electron chi connectivity index (χ2n) is 4.17. The molecule has 6 nitrogen and oxygen atoms in total. The van der Waals surface area contributed by atoms with Crippen LogP contribution in [0.4, 0.5) is 0 Å². The molecule has 6 heteroatoms. The Morgan fingerprint density at radius 3 is 2.68 bits per heavy atom. The van der Waals surface area contributed by atoms with Gasteiger partial charge in [-0.3, -0.25) is 4.98 Å². The molecule has 2 heterocycles. The first kappa shape index (κ1) is 13.4. The van der Waals surface area contributed by atoms with Crippen molar-refractivity contribution in [2.45, 2.75) is 26.3 Å². The predicted molar refractivity (Wildman–Crippen MR) is 70.8 cm³/mol. The van der Waals surface area contributed by atoms with Crippen molar-refractivity contribution in [2.24, 2.45) is 5.73 Å². The lowest BCUT2D eigenvalue weighted by Gasteiger charge is -2.16. The van der Waals surface area contributed by atoms with E-state index in [0.29, 0.717) is 11.6 Å². The molecule has 0 aliphatic heterocycles. The fourth-order valence-corrected chi connectivity index (χ4v) is 1.93. The maximum atomic E-state index is 6.29. The molecule has 2 aromatic rings. The van der Waals surface area contributed by atoms with E-state index in [-0.39, 0.29) is 0 Å². The van der Waals surface area contributed by atoms with E-state index in [2.05, 4.69) is 20.2 Å². The first-order valence-electron chi connectivity index (χ1n) is 6.11. The van der Waals surface area contributed by atoms with Crippen LogP contribution in [-0.2, 0) is 6.42 Å². The first-order valence-corrected chi connectivity index (χ1v) is 6.11. The number of methoxy groups -OCH3 is 1. The van der Waals surface area contributed by atoms with Crippen LogP contribution in [0.5, 0.6) is 5.88 Å². The second-order valence-corrected chi connectivity index (χ2v) is 4.17. The van der Waals surface area contributed by atoms with Gasteiger partial charge in [-0.1, -0.05) is 6.92 Å². The quantitative estimate of drug-likeness (QED) is 0.887. The molecule has 0 aliphatic carbocycles. The molecule has 0 saturated heterocycles. The lowest BCUT2D eigenvalue weighted by atomic mass is 10.0. The summed E-state index contributed by atoms with van der Waals surface area (Å²) in [6, 6.07) is 1.51. The molecule has 0 saturated carbocycles. The highest BCUT2D eigenvalue weighted by Gasteiger charge is 2.20. The third-order valence-electron chi connectivity index (χ3n) is 2.88. The maximum Gasteiger partial charge on any atom is 0.237 e. The Morgan fingerprint density at radius 2 is 2.00 bits per heavy atom. The van der Waals surface area contributed by atoms with Crippen LogP contribution in [0.1, 0.15) is 35.6 Å². The number of hydrogen-bond acceptors (Lipinski definition) is 6. The summed E-state index contributed by atoms with van der Waals surface area (Å²) in [6.45, 7) is 3.90. The van der Waals surface area contributed by atoms with Crippen LogP contribution in [0.2, 0.25) is 0 Å². The van der Waals surface area contributed by atoms with E-state index in [0.717, 1.165) is 23.4 Å². The minimum Gasteiger partial charge on any atom is -0.480 e. The van der Waals surface area contributed by atoms with Crippen molar-refractivity contribution in [3.8, 4) is 5.88 Å². The summed E-state index contributed by atoms with van der Waals surface area (Å²) in [7, 11) is 1.55. The number of ether oxygens (including phenoxy) is 1. The molecule has 0 fully saturated rings. The smallest absolute Gasteiger partial charge is 0.237 e. The van der Waals surface area contributed by atoms with Crippen LogP contribution in [0.15, 0.2) is 18.5 Å². The SMILES string of the molecule is CCc1nnc(C)cc1C(N)c1nccnc1OC. The van der Waals surface area contributed by atoms with Crippen LogP contribution in [0.3, 0.4) is 0 Å². The predicted octanol–water partition coefficient (Wildman–Crippen LogP) is 1.19. The minimum absolute atomic E-state index is 0.423. The van der Waals surface area contributed by atoms with E-state index in [1.54, 1.807) is 19.5 Å². The summed E-state index contributed by atoms with van der Waals surface area (Å²) in [5.41, 5.74) is 9.49. The zero-order valence-electron chi connectivity index (χ0n) is 11.3. The Balaban J connectivity index is 2.49. The summed E-state index contributed by atoms with van der Waals surface area (Å²) < 4.78 is 5.20. The lowest BCUT2D eigenvalue weighted by Crippen LogP contribution is -2.18. The molecule has 0 radical (unpaired) electrons. The minimum atomic E-state index is -0.423. The molecule has 100 valence electrons. The topological polar surface area (TPSA) is 86.8 Å². The third kappa shape index (κ3) is 2.68. The fraction of sp³-hybridized carbons (Fsp3) is 0.385. The van der Waals surface area contributed by atoms with Gasteiger partial charge >= 0.3 is 0 Å². The number of nitrogens with zero attached hydrogens (tertiary/aromatic N) is 4. The summed E-state index contributed by atoms with van der Waals surface area (Å²) >= 11 is 0. The van der Waals surface area contributed by atoms with E-state index >= 15 is 0 Å². The molecular formula is C13H17N5O. The van der Waals surface area contributed by atoms with Crippen molar-refractivity contribution < 1.29 is 4.74 Å². The van der Waals surface area contributed by atoms with Gasteiger partial charge < -0.3 is 10.5 Å². The second kappa shape index (κ2) is 5.71. The molecule has 2 aromatic heterocycles. The van der Waals surface area contributed by atoms with E-state index in [1.165, 1.54) is 0 Å². The molecule has 0 amide bonds. The molecule has 0 aliphatic rings. The highest BCUT2D eigenvalue weighted by Crippen LogP contribution is 2.26. The zero-order chi connectivity index (χ0) is 13.8. The number of aryl methyl sites for hydroxylation is 2. The summed E-state index contributed by atoms with van der Waals surface area (Å²) in [5.74, 6) is 0.437. The lowest BCUT2D eigenvalue weighted by molar-refractivity contribution is 0.387. The van der Waals surface area contributed by atoms with Gasteiger partial charge in [0.25, 0.3) is 0 Å². The largest absolute Gasteiger partial charge is 0.480 e. The average Bonchev–Trinajstić information content (AvgIpc) is 2.46. The van der Waals surface area contributed by atoms with E-state index in [4.69, 9.17) is 10.5 Å². The highest BCUT2D eigenvalue weighted by atomic mass is 16.5. The van der Waals surface area contributed by atoms with Crippen molar-refractivity contribution >= 4 is 0 Å². The Bertz CT molecular complexity index is 573. The number of aromatic nitrogens is 4. The van der Waals surface area contributed by atoms with Crippen LogP contribution in [-0.4, -0.2) is 27.3 Å². The van der Waals surface area contributed by atoms with E-state index < -0.39 is 6.04 Å². The Morgan fingerprint density at radius 1 is 1.26 bits per heavy atom. The molecule has 2 rings (SSSR count). The van der Waals surface area contributed by atoms with Gasteiger partial charge in [0.1, 0.15) is 5.69 Å². The molecule has 0 bridgehead atoms. The third-order valence-corrected chi connectivity index (χ3v) is 2.88.